The van der Waals surface area contributed by atoms with Gasteiger partial charge in [0.15, 0.2) is 0 Å². The van der Waals surface area contributed by atoms with Crippen LogP contribution in [-0.4, -0.2) is 19.1 Å². The average molecular weight is 356 g/mol. The van der Waals surface area contributed by atoms with Crippen molar-refractivity contribution in [1.29, 1.82) is 0 Å². The van der Waals surface area contributed by atoms with Gasteiger partial charge in [0, 0.05) is 24.4 Å². The molecule has 27 heavy (non-hydrogen) atoms. The van der Waals surface area contributed by atoms with E-state index in [1.54, 1.807) is 0 Å². The van der Waals surface area contributed by atoms with E-state index in [0.29, 0.717) is 18.0 Å². The summed E-state index contributed by atoms with van der Waals surface area (Å²) >= 11 is 0. The van der Waals surface area contributed by atoms with Gasteiger partial charge in [-0.1, -0.05) is 72.8 Å². The molecule has 0 amide bonds. The lowest BCUT2D eigenvalue weighted by atomic mass is 9.75. The minimum Gasteiger partial charge on any atom is -0.327 e. The van der Waals surface area contributed by atoms with E-state index in [0.717, 1.165) is 30.4 Å². The number of benzene rings is 3. The summed E-state index contributed by atoms with van der Waals surface area (Å²) in [6.45, 7) is 2.23. The second-order valence-corrected chi connectivity index (χ2v) is 8.17. The number of nitrogens with two attached hydrogens (primary N) is 1. The summed E-state index contributed by atoms with van der Waals surface area (Å²) in [5.74, 6) is 0.424. The Morgan fingerprint density at radius 3 is 2.11 bits per heavy atom. The van der Waals surface area contributed by atoms with Gasteiger partial charge in [0.25, 0.3) is 0 Å². The first-order chi connectivity index (χ1) is 13.3. The van der Waals surface area contributed by atoms with Crippen molar-refractivity contribution in [2.24, 2.45) is 5.73 Å². The molecule has 1 saturated heterocycles. The summed E-state index contributed by atoms with van der Waals surface area (Å²) in [7, 11) is 0. The predicted molar refractivity (Wildman–Crippen MR) is 113 cm³/mol. The third-order valence-electron chi connectivity index (χ3n) is 6.73. The van der Waals surface area contributed by atoms with E-state index < -0.39 is 0 Å². The maximum atomic E-state index is 6.47. The molecule has 2 nitrogen and oxygen atoms in total. The first kappa shape index (κ1) is 16.7. The van der Waals surface area contributed by atoms with Crippen LogP contribution in [0.5, 0.6) is 0 Å². The fraction of sp³-hybridized carbons (Fsp3) is 0.280. The minimum atomic E-state index is 0.297. The lowest BCUT2D eigenvalue weighted by Crippen LogP contribution is -2.62. The van der Waals surface area contributed by atoms with E-state index in [4.69, 9.17) is 5.73 Å². The molecule has 1 unspecified atom stereocenters. The summed E-state index contributed by atoms with van der Waals surface area (Å²) in [5, 5.41) is 0. The van der Waals surface area contributed by atoms with E-state index in [1.165, 1.54) is 22.4 Å². The molecule has 2 heteroatoms. The largest absolute Gasteiger partial charge is 0.327 e. The molecular formula is C25H27N2+. The summed E-state index contributed by atoms with van der Waals surface area (Å²) in [6, 6.07) is 32.0. The lowest BCUT2D eigenvalue weighted by Gasteiger charge is -2.53. The Bertz CT molecular complexity index is 921. The van der Waals surface area contributed by atoms with Gasteiger partial charge in [0.05, 0.1) is 19.0 Å². The quantitative estimate of drug-likeness (QED) is 0.643. The number of fused-ring (bicyclic) bond motifs is 3. The highest BCUT2D eigenvalue weighted by Crippen LogP contribution is 2.50. The van der Waals surface area contributed by atoms with Crippen LogP contribution in [-0.2, 0) is 0 Å². The average Bonchev–Trinajstić information content (AvgIpc) is 2.75. The van der Waals surface area contributed by atoms with Crippen LogP contribution in [0, 0.1) is 0 Å². The summed E-state index contributed by atoms with van der Waals surface area (Å²) in [6.07, 6.45) is 2.16. The SMILES string of the molecule is N[C@H]1CC[N+]2(c3ccccc3)C[C@H](c3ccccc3)c3ccccc3[C@H]2C1. The molecule has 0 radical (unpaired) electrons. The molecule has 2 N–H and O–H groups in total. The van der Waals surface area contributed by atoms with Crippen molar-refractivity contribution in [2.75, 3.05) is 13.1 Å². The number of piperidine rings is 1. The van der Waals surface area contributed by atoms with Gasteiger partial charge in [0.2, 0.25) is 0 Å². The van der Waals surface area contributed by atoms with Crippen molar-refractivity contribution in [3.8, 4) is 0 Å². The number of rotatable bonds is 2. The van der Waals surface area contributed by atoms with Crippen LogP contribution in [0.3, 0.4) is 0 Å². The van der Waals surface area contributed by atoms with Crippen LogP contribution in [0.4, 0.5) is 5.69 Å². The third kappa shape index (κ3) is 2.72. The van der Waals surface area contributed by atoms with Crippen LogP contribution in [0.1, 0.15) is 41.5 Å². The van der Waals surface area contributed by atoms with Crippen molar-refractivity contribution in [3.05, 3.63) is 102 Å². The zero-order chi connectivity index (χ0) is 18.3. The summed E-state index contributed by atoms with van der Waals surface area (Å²) < 4.78 is 1.03. The lowest BCUT2D eigenvalue weighted by molar-refractivity contribution is 0.122. The fourth-order valence-corrected chi connectivity index (χ4v) is 5.44. The van der Waals surface area contributed by atoms with Gasteiger partial charge in [-0.15, -0.1) is 0 Å². The van der Waals surface area contributed by atoms with E-state index in [-0.39, 0.29) is 0 Å². The summed E-state index contributed by atoms with van der Waals surface area (Å²) in [4.78, 5) is 0. The van der Waals surface area contributed by atoms with Crippen LogP contribution in [0.15, 0.2) is 84.9 Å². The van der Waals surface area contributed by atoms with Gasteiger partial charge < -0.3 is 5.73 Å². The highest BCUT2D eigenvalue weighted by atomic mass is 15.4. The third-order valence-corrected chi connectivity index (χ3v) is 6.73. The molecule has 3 aromatic rings. The number of hydrogen-bond acceptors (Lipinski definition) is 1. The zero-order valence-corrected chi connectivity index (χ0v) is 15.7. The Morgan fingerprint density at radius 1 is 0.741 bits per heavy atom. The molecule has 0 spiro atoms. The van der Waals surface area contributed by atoms with E-state index in [9.17, 15) is 0 Å². The highest BCUT2D eigenvalue weighted by molar-refractivity contribution is 5.53. The van der Waals surface area contributed by atoms with Crippen molar-refractivity contribution in [3.63, 3.8) is 0 Å². The Kier molecular flexibility index (Phi) is 4.11. The predicted octanol–water partition coefficient (Wildman–Crippen LogP) is 5.00. The maximum absolute atomic E-state index is 6.47. The highest BCUT2D eigenvalue weighted by Gasteiger charge is 2.50. The molecular weight excluding hydrogens is 328 g/mol. The van der Waals surface area contributed by atoms with Crippen molar-refractivity contribution in [2.45, 2.75) is 30.8 Å². The maximum Gasteiger partial charge on any atom is 0.133 e. The Balaban J connectivity index is 1.72. The number of hydrogen-bond donors (Lipinski definition) is 1. The van der Waals surface area contributed by atoms with E-state index >= 15 is 0 Å². The first-order valence-corrected chi connectivity index (χ1v) is 10.1. The summed E-state index contributed by atoms with van der Waals surface area (Å²) in [5.41, 5.74) is 12.3. The molecule has 2 heterocycles. The monoisotopic (exact) mass is 355 g/mol. The molecule has 0 saturated carbocycles. The molecule has 3 aromatic carbocycles. The second kappa shape index (κ2) is 6.63. The molecule has 0 aliphatic carbocycles. The Labute approximate surface area is 161 Å². The van der Waals surface area contributed by atoms with Crippen LogP contribution in [0.25, 0.3) is 0 Å². The zero-order valence-electron chi connectivity index (χ0n) is 15.7. The van der Waals surface area contributed by atoms with Crippen molar-refractivity contribution >= 4 is 5.69 Å². The number of nitrogens with zero attached hydrogens (tertiary/aromatic N) is 1. The minimum absolute atomic E-state index is 0.297. The molecule has 2 aliphatic rings. The molecule has 2 aliphatic heterocycles. The molecule has 1 fully saturated rings. The molecule has 5 rings (SSSR count). The van der Waals surface area contributed by atoms with Gasteiger partial charge in [-0.2, -0.15) is 0 Å². The van der Waals surface area contributed by atoms with Crippen LogP contribution in [0.2, 0.25) is 0 Å². The smallest absolute Gasteiger partial charge is 0.133 e. The van der Waals surface area contributed by atoms with E-state index in [2.05, 4.69) is 84.9 Å². The van der Waals surface area contributed by atoms with Gasteiger partial charge in [-0.3, -0.25) is 4.48 Å². The second-order valence-electron chi connectivity index (χ2n) is 8.17. The van der Waals surface area contributed by atoms with Crippen molar-refractivity contribution in [1.82, 2.24) is 4.48 Å². The molecule has 0 aromatic heterocycles. The molecule has 4 atom stereocenters. The van der Waals surface area contributed by atoms with Gasteiger partial charge in [-0.25, -0.2) is 0 Å². The number of para-hydroxylation sites is 1. The molecule has 136 valence electrons. The first-order valence-electron chi connectivity index (χ1n) is 10.1. The van der Waals surface area contributed by atoms with Gasteiger partial charge >= 0.3 is 0 Å². The standard InChI is InChI=1S/C25H27N2/c26-20-15-16-27(21-11-5-2-6-12-21)18-24(19-9-3-1-4-10-19)22-13-7-8-14-23(22)25(27)17-20/h1-14,20,24-25H,15-18,26H2/q+1/t20-,24+,25+,27?/m0/s1. The molecule has 0 bridgehead atoms. The Morgan fingerprint density at radius 2 is 1.37 bits per heavy atom. The van der Waals surface area contributed by atoms with Gasteiger partial charge in [0.1, 0.15) is 11.7 Å². The topological polar surface area (TPSA) is 26.0 Å². The number of quaternary nitrogens is 1. The normalized spacial score (nSPS) is 29.6. The Hall–Kier alpha value is -2.42. The van der Waals surface area contributed by atoms with Gasteiger partial charge in [-0.05, 0) is 23.3 Å². The van der Waals surface area contributed by atoms with Crippen LogP contribution >= 0.6 is 0 Å². The fourth-order valence-electron chi connectivity index (χ4n) is 5.44. The van der Waals surface area contributed by atoms with Crippen molar-refractivity contribution < 1.29 is 0 Å². The van der Waals surface area contributed by atoms with E-state index in [1.807, 2.05) is 0 Å². The van der Waals surface area contributed by atoms with Crippen LogP contribution < -0.4 is 10.2 Å².